The fraction of sp³-hybridized carbons (Fsp3) is 0.286. The summed E-state index contributed by atoms with van der Waals surface area (Å²) in [6.07, 6.45) is 0. The number of ether oxygens (including phenoxy) is 1. The lowest BCUT2D eigenvalue weighted by molar-refractivity contribution is -0.246. The number of hydroxylamine groups is 4. The van der Waals surface area contributed by atoms with Gasteiger partial charge in [0.1, 0.15) is 0 Å². The van der Waals surface area contributed by atoms with Gasteiger partial charge in [-0.2, -0.15) is 0 Å². The highest BCUT2D eigenvalue weighted by molar-refractivity contribution is 6.48. The number of benzene rings is 1. The van der Waals surface area contributed by atoms with E-state index in [4.69, 9.17) is 14.4 Å². The maximum Gasteiger partial charge on any atom is 0.380 e. The van der Waals surface area contributed by atoms with Crippen molar-refractivity contribution in [2.24, 2.45) is 9.98 Å². The van der Waals surface area contributed by atoms with Crippen LogP contribution in [0.15, 0.2) is 40.3 Å². The van der Waals surface area contributed by atoms with Gasteiger partial charge >= 0.3 is 17.8 Å². The molecule has 23 heavy (non-hydrogen) atoms. The van der Waals surface area contributed by atoms with Crippen molar-refractivity contribution in [2.45, 2.75) is 5.85 Å². The highest BCUT2D eigenvalue weighted by Gasteiger charge is 2.60. The molecule has 120 valence electrons. The Labute approximate surface area is 131 Å². The van der Waals surface area contributed by atoms with Crippen LogP contribution in [0.25, 0.3) is 0 Å². The summed E-state index contributed by atoms with van der Waals surface area (Å²) in [5.74, 6) is -2.28. The zero-order chi connectivity index (χ0) is 16.6. The molecule has 0 aromatic heterocycles. The molecule has 1 saturated heterocycles. The van der Waals surface area contributed by atoms with Crippen LogP contribution in [0.1, 0.15) is 5.56 Å². The largest absolute Gasteiger partial charge is 0.380 e. The molecule has 0 bridgehead atoms. The van der Waals surface area contributed by atoms with Crippen molar-refractivity contribution < 1.29 is 24.0 Å². The van der Waals surface area contributed by atoms with Gasteiger partial charge in [0.2, 0.25) is 0 Å². The van der Waals surface area contributed by atoms with Crippen LogP contribution in [-0.4, -0.2) is 60.8 Å². The van der Waals surface area contributed by atoms with E-state index in [9.17, 15) is 9.59 Å². The molecule has 9 nitrogen and oxygen atoms in total. The summed E-state index contributed by atoms with van der Waals surface area (Å²) in [5.41, 5.74) is 0.549. The lowest BCUT2D eigenvalue weighted by atomic mass is 10.2. The van der Waals surface area contributed by atoms with E-state index in [-0.39, 0.29) is 11.5 Å². The van der Waals surface area contributed by atoms with Crippen LogP contribution < -0.4 is 0 Å². The minimum Gasteiger partial charge on any atom is -0.333 e. The third-order valence-electron chi connectivity index (χ3n) is 3.48. The van der Waals surface area contributed by atoms with E-state index in [0.29, 0.717) is 10.6 Å². The number of amidine groups is 1. The molecule has 0 radical (unpaired) electrons. The third kappa shape index (κ3) is 2.05. The van der Waals surface area contributed by atoms with Gasteiger partial charge in [-0.05, 0) is 0 Å². The first kappa shape index (κ1) is 15.3. The molecule has 1 aromatic carbocycles. The molecule has 2 aliphatic heterocycles. The molecule has 0 spiro atoms. The average Bonchev–Trinajstić information content (AvgIpc) is 2.98. The van der Waals surface area contributed by atoms with Crippen molar-refractivity contribution in [3.05, 3.63) is 35.9 Å². The molecular weight excluding hydrogens is 304 g/mol. The Balaban J connectivity index is 2.16. The average molecular weight is 318 g/mol. The number of imide groups is 1. The minimum absolute atomic E-state index is 0.123. The van der Waals surface area contributed by atoms with Crippen LogP contribution in [0.2, 0.25) is 0 Å². The summed E-state index contributed by atoms with van der Waals surface area (Å²) in [6.45, 7) is 0. The number of urea groups is 1. The second kappa shape index (κ2) is 5.54. The zero-order valence-electron chi connectivity index (χ0n) is 12.7. The van der Waals surface area contributed by atoms with Crippen molar-refractivity contribution >= 4 is 23.5 Å². The molecule has 2 aliphatic rings. The Morgan fingerprint density at radius 2 is 1.74 bits per heavy atom. The first-order chi connectivity index (χ1) is 11.1. The van der Waals surface area contributed by atoms with Gasteiger partial charge in [0.05, 0.1) is 14.2 Å². The Bertz CT molecular complexity index is 717. The number of hydrogen-bond acceptors (Lipinski definition) is 7. The first-order valence-corrected chi connectivity index (χ1v) is 6.65. The topological polar surface area (TPSA) is 93.0 Å². The number of hydrogen-bond donors (Lipinski definition) is 0. The molecular formula is C14H14N4O5. The van der Waals surface area contributed by atoms with E-state index in [0.717, 1.165) is 5.06 Å². The molecule has 3 rings (SSSR count). The lowest BCUT2D eigenvalue weighted by Gasteiger charge is -2.40. The molecule has 9 heteroatoms. The summed E-state index contributed by atoms with van der Waals surface area (Å²) in [6, 6.07) is 8.15. The quantitative estimate of drug-likeness (QED) is 0.809. The van der Waals surface area contributed by atoms with Gasteiger partial charge in [-0.1, -0.05) is 30.3 Å². The van der Waals surface area contributed by atoms with Crippen LogP contribution in [0.5, 0.6) is 0 Å². The summed E-state index contributed by atoms with van der Waals surface area (Å²) in [5, 5.41) is 1.33. The van der Waals surface area contributed by atoms with Crippen molar-refractivity contribution in [1.82, 2.24) is 10.1 Å². The number of rotatable bonds is 4. The Kier molecular flexibility index (Phi) is 3.68. The van der Waals surface area contributed by atoms with E-state index in [1.54, 1.807) is 12.1 Å². The van der Waals surface area contributed by atoms with E-state index in [1.165, 1.54) is 21.3 Å². The van der Waals surface area contributed by atoms with Gasteiger partial charge in [-0.25, -0.2) is 14.8 Å². The molecule has 1 fully saturated rings. The zero-order valence-corrected chi connectivity index (χ0v) is 12.7. The summed E-state index contributed by atoms with van der Waals surface area (Å²) >= 11 is 0. The number of fused-ring (bicyclic) bond motifs is 1. The van der Waals surface area contributed by atoms with Gasteiger partial charge in [0, 0.05) is 12.7 Å². The molecule has 0 N–H and O–H groups in total. The Morgan fingerprint density at radius 3 is 2.30 bits per heavy atom. The van der Waals surface area contributed by atoms with Gasteiger partial charge in [0.25, 0.3) is 0 Å². The van der Waals surface area contributed by atoms with Gasteiger partial charge < -0.3 is 4.74 Å². The predicted octanol–water partition coefficient (Wildman–Crippen LogP) is 0.575. The lowest BCUT2D eigenvalue weighted by Crippen LogP contribution is -2.68. The van der Waals surface area contributed by atoms with Crippen LogP contribution in [0.4, 0.5) is 4.79 Å². The van der Waals surface area contributed by atoms with Gasteiger partial charge in [-0.15, -0.1) is 10.1 Å². The summed E-state index contributed by atoms with van der Waals surface area (Å²) in [4.78, 5) is 43.2. The number of methoxy groups -OCH3 is 1. The van der Waals surface area contributed by atoms with Crippen LogP contribution in [-0.2, 0) is 19.2 Å². The first-order valence-electron chi connectivity index (χ1n) is 6.65. The number of aliphatic imine (C=N–C) groups is 2. The molecule has 1 atom stereocenters. The fourth-order valence-electron chi connectivity index (χ4n) is 2.43. The van der Waals surface area contributed by atoms with Crippen molar-refractivity contribution in [3.63, 3.8) is 0 Å². The van der Waals surface area contributed by atoms with Crippen LogP contribution in [0.3, 0.4) is 0 Å². The van der Waals surface area contributed by atoms with Crippen molar-refractivity contribution in [3.8, 4) is 0 Å². The van der Waals surface area contributed by atoms with Crippen molar-refractivity contribution in [1.29, 1.82) is 0 Å². The number of carbonyl (C=O) groups excluding carboxylic acids is 2. The number of nitrogens with zero attached hydrogens (tertiary/aromatic N) is 4. The van der Waals surface area contributed by atoms with Crippen LogP contribution >= 0.6 is 0 Å². The van der Waals surface area contributed by atoms with E-state index in [2.05, 4.69) is 9.98 Å². The Hall–Kier alpha value is -2.62. The smallest absolute Gasteiger partial charge is 0.333 e. The van der Waals surface area contributed by atoms with Crippen LogP contribution in [0, 0.1) is 0 Å². The highest BCUT2D eigenvalue weighted by atomic mass is 16.8. The van der Waals surface area contributed by atoms with Gasteiger partial charge in [-0.3, -0.25) is 14.5 Å². The fourth-order valence-corrected chi connectivity index (χ4v) is 2.43. The SMILES string of the molecule is CON1C(=O)C2=NC(c3ccccc3)=NC2(OC)N(OC)C1=O. The van der Waals surface area contributed by atoms with E-state index in [1.807, 2.05) is 18.2 Å². The van der Waals surface area contributed by atoms with E-state index < -0.39 is 17.8 Å². The predicted molar refractivity (Wildman–Crippen MR) is 78.3 cm³/mol. The molecule has 2 heterocycles. The number of carbonyl (C=O) groups is 2. The highest BCUT2D eigenvalue weighted by Crippen LogP contribution is 2.33. The Morgan fingerprint density at radius 1 is 1.04 bits per heavy atom. The maximum atomic E-state index is 12.5. The second-order valence-electron chi connectivity index (χ2n) is 4.62. The summed E-state index contributed by atoms with van der Waals surface area (Å²) < 4.78 is 5.35. The second-order valence-corrected chi connectivity index (χ2v) is 4.62. The van der Waals surface area contributed by atoms with Crippen molar-refractivity contribution in [2.75, 3.05) is 21.3 Å². The number of amides is 3. The van der Waals surface area contributed by atoms with E-state index >= 15 is 0 Å². The normalized spacial score (nSPS) is 23.8. The monoisotopic (exact) mass is 318 g/mol. The summed E-state index contributed by atoms with van der Waals surface area (Å²) in [7, 11) is 3.76. The molecule has 0 aliphatic carbocycles. The maximum absolute atomic E-state index is 12.5. The van der Waals surface area contributed by atoms with Gasteiger partial charge in [0.15, 0.2) is 11.5 Å². The molecule has 3 amide bonds. The molecule has 1 unspecified atom stereocenters. The third-order valence-corrected chi connectivity index (χ3v) is 3.48. The minimum atomic E-state index is -1.77. The molecule has 1 aromatic rings. The standard InChI is InChI=1S/C14H14N4O5/c1-21-14-10(12(19)17(22-2)13(20)18(14)23-3)15-11(16-14)9-7-5-4-6-8-9/h4-8H,1-3H3. The molecule has 0 saturated carbocycles.